The molecule has 0 bridgehead atoms. The third-order valence-electron chi connectivity index (χ3n) is 3.02. The fourth-order valence-electron chi connectivity index (χ4n) is 1.81. The third kappa shape index (κ3) is 2.63. The van der Waals surface area contributed by atoms with Crippen molar-refractivity contribution in [3.05, 3.63) is 22.4 Å². The first-order valence-corrected chi connectivity index (χ1v) is 5.45. The van der Waals surface area contributed by atoms with Gasteiger partial charge in [0.2, 0.25) is 0 Å². The average Bonchev–Trinajstić information content (AvgIpc) is 2.16. The normalized spacial score (nSPS) is 25.9. The summed E-state index contributed by atoms with van der Waals surface area (Å²) in [6.45, 7) is 6.40. The van der Waals surface area contributed by atoms with Crippen molar-refractivity contribution in [3.63, 3.8) is 0 Å². The Morgan fingerprint density at radius 1 is 1.40 bits per heavy atom. The summed E-state index contributed by atoms with van der Waals surface area (Å²) in [5.74, 6) is 0.346. The van der Waals surface area contributed by atoms with Crippen molar-refractivity contribution >= 4 is 17.9 Å². The van der Waals surface area contributed by atoms with Crippen LogP contribution in [0.25, 0.3) is 0 Å². The Hall–Kier alpha value is -0.760. The topological polar surface area (TPSA) is 37.3 Å². The van der Waals surface area contributed by atoms with Crippen molar-refractivity contribution in [1.82, 2.24) is 0 Å². The van der Waals surface area contributed by atoms with Gasteiger partial charge in [0.05, 0.1) is 11.3 Å². The Labute approximate surface area is 95.6 Å². The summed E-state index contributed by atoms with van der Waals surface area (Å²) in [6.07, 6.45) is 3.24. The van der Waals surface area contributed by atoms with E-state index < -0.39 is 0 Å². The molecule has 1 N–H and O–H groups in total. The lowest BCUT2D eigenvalue weighted by atomic mass is 9.71. The van der Waals surface area contributed by atoms with E-state index in [-0.39, 0.29) is 5.41 Å². The molecule has 1 rings (SSSR count). The van der Waals surface area contributed by atoms with Crippen LogP contribution in [0.3, 0.4) is 0 Å². The van der Waals surface area contributed by atoms with Gasteiger partial charge in [0.1, 0.15) is 6.29 Å². The minimum absolute atomic E-state index is 0.111. The molecule has 0 aromatic heterocycles. The van der Waals surface area contributed by atoms with Crippen LogP contribution in [-0.2, 0) is 4.79 Å². The lowest BCUT2D eigenvalue weighted by molar-refractivity contribution is -0.105. The molecule has 0 amide bonds. The van der Waals surface area contributed by atoms with E-state index in [0.29, 0.717) is 28.5 Å². The first-order valence-electron chi connectivity index (χ1n) is 5.07. The summed E-state index contributed by atoms with van der Waals surface area (Å²) in [7, 11) is 0. The van der Waals surface area contributed by atoms with Crippen LogP contribution in [0.2, 0.25) is 0 Å². The van der Waals surface area contributed by atoms with Gasteiger partial charge < -0.3 is 5.11 Å². The molecule has 2 nitrogen and oxygen atoms in total. The Morgan fingerprint density at radius 3 is 2.40 bits per heavy atom. The number of carbonyl (C=O) groups excluding carboxylic acids is 1. The zero-order valence-electron chi connectivity index (χ0n) is 9.38. The number of halogens is 1. The number of rotatable bonds is 1. The molecule has 0 aromatic carbocycles. The number of aldehydes is 1. The van der Waals surface area contributed by atoms with E-state index in [4.69, 9.17) is 16.7 Å². The molecule has 0 aliphatic heterocycles. The van der Waals surface area contributed by atoms with Crippen LogP contribution in [0.1, 0.15) is 33.6 Å². The van der Waals surface area contributed by atoms with Gasteiger partial charge >= 0.3 is 0 Å². The second-order valence-corrected chi connectivity index (χ2v) is 5.46. The summed E-state index contributed by atoms with van der Waals surface area (Å²) in [6, 6.07) is 0. The van der Waals surface area contributed by atoms with Crippen molar-refractivity contribution in [3.8, 4) is 0 Å². The predicted molar refractivity (Wildman–Crippen MR) is 61.8 cm³/mol. The maximum atomic E-state index is 10.9. The van der Waals surface area contributed by atoms with Crippen LogP contribution in [-0.4, -0.2) is 11.4 Å². The van der Waals surface area contributed by atoms with Gasteiger partial charge in [0.15, 0.2) is 0 Å². The lowest BCUT2D eigenvalue weighted by Crippen LogP contribution is -2.25. The van der Waals surface area contributed by atoms with Gasteiger partial charge in [-0.3, -0.25) is 4.79 Å². The maximum Gasteiger partial charge on any atom is 0.147 e. The third-order valence-corrected chi connectivity index (χ3v) is 3.50. The smallest absolute Gasteiger partial charge is 0.147 e. The van der Waals surface area contributed by atoms with Crippen LogP contribution < -0.4 is 0 Å². The summed E-state index contributed by atoms with van der Waals surface area (Å²) >= 11 is 5.98. The molecule has 0 aromatic rings. The fraction of sp³-hybridized carbons (Fsp3) is 0.583. The number of hydrogen-bond donors (Lipinski definition) is 1. The van der Waals surface area contributed by atoms with E-state index in [2.05, 4.69) is 20.8 Å². The van der Waals surface area contributed by atoms with Crippen LogP contribution in [0.4, 0.5) is 0 Å². The Balaban J connectivity index is 3.05. The van der Waals surface area contributed by atoms with Gasteiger partial charge in [-0.05, 0) is 24.2 Å². The van der Waals surface area contributed by atoms with Crippen molar-refractivity contribution in [2.75, 3.05) is 0 Å². The average molecular weight is 229 g/mol. The molecule has 0 saturated carbocycles. The zero-order chi connectivity index (χ0) is 11.6. The minimum Gasteiger partial charge on any atom is -0.515 e. The number of hydrogen-bond acceptors (Lipinski definition) is 2. The van der Waals surface area contributed by atoms with Crippen LogP contribution in [0, 0.1) is 11.3 Å². The predicted octanol–water partition coefficient (Wildman–Crippen LogP) is 3.58. The molecule has 1 atom stereocenters. The summed E-state index contributed by atoms with van der Waals surface area (Å²) in [5.41, 5.74) is 1.38. The summed E-state index contributed by atoms with van der Waals surface area (Å²) in [4.78, 5) is 10.9. The highest BCUT2D eigenvalue weighted by Crippen LogP contribution is 2.43. The quantitative estimate of drug-likeness (QED) is 0.550. The van der Waals surface area contributed by atoms with Gasteiger partial charge in [-0.1, -0.05) is 32.4 Å². The first-order chi connectivity index (χ1) is 6.90. The molecule has 15 heavy (non-hydrogen) atoms. The SMILES string of the molecule is CC(C)(C)[C@H]1CC(C=O)=C(Cl)/C(=C\O)C1. The van der Waals surface area contributed by atoms with Gasteiger partial charge in [-0.15, -0.1) is 0 Å². The molecule has 0 fully saturated rings. The largest absolute Gasteiger partial charge is 0.515 e. The summed E-state index contributed by atoms with van der Waals surface area (Å²) < 4.78 is 0. The highest BCUT2D eigenvalue weighted by Gasteiger charge is 2.31. The van der Waals surface area contributed by atoms with E-state index in [9.17, 15) is 4.79 Å². The van der Waals surface area contributed by atoms with Crippen LogP contribution in [0.5, 0.6) is 0 Å². The zero-order valence-corrected chi connectivity index (χ0v) is 10.1. The molecular weight excluding hydrogens is 212 g/mol. The first kappa shape index (κ1) is 12.3. The number of aliphatic hydroxyl groups excluding tert-OH is 1. The van der Waals surface area contributed by atoms with E-state index in [1.54, 1.807) is 0 Å². The minimum atomic E-state index is 0.111. The molecular formula is C12H17ClO2. The maximum absolute atomic E-state index is 10.9. The highest BCUT2D eigenvalue weighted by molar-refractivity contribution is 6.33. The van der Waals surface area contributed by atoms with Gasteiger partial charge in [-0.2, -0.15) is 0 Å². The fourth-order valence-corrected chi connectivity index (χ4v) is 2.06. The summed E-state index contributed by atoms with van der Waals surface area (Å²) in [5, 5.41) is 9.49. The van der Waals surface area contributed by atoms with Crippen LogP contribution >= 0.6 is 11.6 Å². The van der Waals surface area contributed by atoms with Crippen molar-refractivity contribution in [2.45, 2.75) is 33.6 Å². The van der Waals surface area contributed by atoms with Crippen molar-refractivity contribution in [2.24, 2.45) is 11.3 Å². The number of aliphatic hydroxyl groups is 1. The Morgan fingerprint density at radius 2 is 2.00 bits per heavy atom. The van der Waals surface area contributed by atoms with E-state index in [1.807, 2.05) is 0 Å². The van der Waals surface area contributed by atoms with Gasteiger partial charge in [-0.25, -0.2) is 0 Å². The number of allylic oxidation sites excluding steroid dienone is 3. The second-order valence-electron chi connectivity index (χ2n) is 5.08. The molecule has 3 heteroatoms. The Kier molecular flexibility index (Phi) is 3.61. The standard InChI is InChI=1S/C12H17ClO2/c1-12(2,3)10-4-8(6-14)11(13)9(5-10)7-15/h6-7,10,14H,4-5H2,1-3H3/b8-6-/t10-/m1/s1. The molecule has 0 radical (unpaired) electrons. The van der Waals surface area contributed by atoms with Crippen LogP contribution in [0.15, 0.2) is 22.4 Å². The molecule has 1 aliphatic carbocycles. The molecule has 0 unspecified atom stereocenters. The van der Waals surface area contributed by atoms with E-state index >= 15 is 0 Å². The Bertz CT molecular complexity index is 321. The number of carbonyl (C=O) groups is 1. The van der Waals surface area contributed by atoms with Gasteiger partial charge in [0, 0.05) is 11.1 Å². The van der Waals surface area contributed by atoms with Crippen molar-refractivity contribution < 1.29 is 9.90 Å². The molecule has 84 valence electrons. The van der Waals surface area contributed by atoms with E-state index in [1.165, 1.54) is 0 Å². The monoisotopic (exact) mass is 228 g/mol. The molecule has 0 spiro atoms. The van der Waals surface area contributed by atoms with Gasteiger partial charge in [0.25, 0.3) is 0 Å². The molecule has 0 saturated heterocycles. The second kappa shape index (κ2) is 4.40. The van der Waals surface area contributed by atoms with E-state index in [0.717, 1.165) is 19.0 Å². The molecule has 1 aliphatic rings. The highest BCUT2D eigenvalue weighted by atomic mass is 35.5. The molecule has 0 heterocycles. The van der Waals surface area contributed by atoms with Crippen molar-refractivity contribution in [1.29, 1.82) is 0 Å². The lowest BCUT2D eigenvalue weighted by Gasteiger charge is -2.34.